The number of hydrogen-bond acceptors (Lipinski definition) is 7. The van der Waals surface area contributed by atoms with Crippen LogP contribution in [0.4, 0.5) is 0 Å². The van der Waals surface area contributed by atoms with E-state index in [1.54, 1.807) is 11.8 Å². The Morgan fingerprint density at radius 1 is 0.969 bits per heavy atom. The smallest absolute Gasteiger partial charge is 0.241 e. The van der Waals surface area contributed by atoms with Gasteiger partial charge in [0.25, 0.3) is 0 Å². The molecule has 9 heteroatoms. The summed E-state index contributed by atoms with van der Waals surface area (Å²) in [5.41, 5.74) is 2.15. The van der Waals surface area contributed by atoms with Crippen LogP contribution < -0.4 is 0 Å². The monoisotopic (exact) mass is 440 g/mol. The molecule has 0 aliphatic carbocycles. The van der Waals surface area contributed by atoms with Gasteiger partial charge in [-0.3, -0.25) is 19.4 Å². The van der Waals surface area contributed by atoms with Crippen molar-refractivity contribution in [2.75, 3.05) is 52.4 Å². The quantitative estimate of drug-likeness (QED) is 0.691. The average molecular weight is 441 g/mol. The molecular weight excluding hydrogens is 408 g/mol. The van der Waals surface area contributed by atoms with Crippen LogP contribution in [0.15, 0.2) is 28.8 Å². The number of carbonyl (C=O) groups excluding carboxylic acids is 2. The molecule has 3 heterocycles. The van der Waals surface area contributed by atoms with E-state index in [0.29, 0.717) is 44.4 Å². The Morgan fingerprint density at radius 3 is 2.22 bits per heavy atom. The van der Waals surface area contributed by atoms with E-state index in [9.17, 15) is 9.59 Å². The molecule has 1 aromatic heterocycles. The zero-order valence-electron chi connectivity index (χ0n) is 19.2. The van der Waals surface area contributed by atoms with Gasteiger partial charge in [-0.15, -0.1) is 0 Å². The van der Waals surface area contributed by atoms with Crippen LogP contribution in [0.5, 0.6) is 0 Å². The molecule has 2 saturated heterocycles. The van der Waals surface area contributed by atoms with Gasteiger partial charge < -0.3 is 14.3 Å². The van der Waals surface area contributed by atoms with Crippen molar-refractivity contribution in [1.29, 1.82) is 0 Å². The van der Waals surface area contributed by atoms with Gasteiger partial charge in [-0.25, -0.2) is 0 Å². The molecule has 0 N–H and O–H groups in total. The normalized spacial score (nSPS) is 19.2. The highest BCUT2D eigenvalue weighted by molar-refractivity contribution is 5.82. The van der Waals surface area contributed by atoms with Crippen LogP contribution in [-0.2, 0) is 16.1 Å². The van der Waals surface area contributed by atoms with Gasteiger partial charge in [-0.1, -0.05) is 35.0 Å². The van der Waals surface area contributed by atoms with Gasteiger partial charge in [-0.2, -0.15) is 4.98 Å². The minimum Gasteiger partial charge on any atom is -0.339 e. The fourth-order valence-electron chi connectivity index (χ4n) is 4.30. The van der Waals surface area contributed by atoms with Crippen LogP contribution in [0.1, 0.15) is 25.3 Å². The molecule has 2 aromatic rings. The van der Waals surface area contributed by atoms with E-state index in [4.69, 9.17) is 4.52 Å². The molecule has 2 aliphatic heterocycles. The second kappa shape index (κ2) is 9.79. The van der Waals surface area contributed by atoms with E-state index >= 15 is 0 Å². The van der Waals surface area contributed by atoms with Gasteiger partial charge in [0, 0.05) is 64.8 Å². The number of piperazine rings is 2. The number of rotatable bonds is 5. The minimum absolute atomic E-state index is 0.0773. The maximum Gasteiger partial charge on any atom is 0.241 e. The van der Waals surface area contributed by atoms with Crippen molar-refractivity contribution in [3.63, 3.8) is 0 Å². The largest absolute Gasteiger partial charge is 0.339 e. The maximum atomic E-state index is 12.9. The van der Waals surface area contributed by atoms with Crippen molar-refractivity contribution in [3.05, 3.63) is 35.7 Å². The summed E-state index contributed by atoms with van der Waals surface area (Å²) >= 11 is 0. The molecule has 0 spiro atoms. The van der Waals surface area contributed by atoms with E-state index in [1.165, 1.54) is 5.56 Å². The Hall–Kier alpha value is -2.78. The van der Waals surface area contributed by atoms with Crippen LogP contribution >= 0.6 is 0 Å². The third-order valence-electron chi connectivity index (χ3n) is 6.49. The molecule has 1 atom stereocenters. The van der Waals surface area contributed by atoms with Crippen molar-refractivity contribution in [2.45, 2.75) is 33.4 Å². The average Bonchev–Trinajstić information content (AvgIpc) is 3.27. The summed E-state index contributed by atoms with van der Waals surface area (Å²) in [6, 6.07) is 7.92. The molecule has 9 nitrogen and oxygen atoms in total. The maximum absolute atomic E-state index is 12.9. The lowest BCUT2D eigenvalue weighted by atomic mass is 10.1. The van der Waals surface area contributed by atoms with E-state index in [-0.39, 0.29) is 17.9 Å². The van der Waals surface area contributed by atoms with Crippen molar-refractivity contribution in [2.24, 2.45) is 0 Å². The molecule has 2 fully saturated rings. The summed E-state index contributed by atoms with van der Waals surface area (Å²) in [7, 11) is 0. The summed E-state index contributed by atoms with van der Waals surface area (Å²) in [6.07, 6.45) is 0. The summed E-state index contributed by atoms with van der Waals surface area (Å²) in [5, 5.41) is 4.12. The Balaban J connectivity index is 1.25. The Labute approximate surface area is 188 Å². The lowest BCUT2D eigenvalue weighted by molar-refractivity contribution is -0.142. The van der Waals surface area contributed by atoms with Crippen LogP contribution in [0.2, 0.25) is 0 Å². The predicted molar refractivity (Wildman–Crippen MR) is 120 cm³/mol. The summed E-state index contributed by atoms with van der Waals surface area (Å²) in [4.78, 5) is 37.2. The van der Waals surface area contributed by atoms with Crippen LogP contribution in [0.3, 0.4) is 0 Å². The van der Waals surface area contributed by atoms with Gasteiger partial charge in [-0.05, 0) is 13.8 Å². The second-order valence-electron chi connectivity index (χ2n) is 8.70. The minimum atomic E-state index is -0.155. The van der Waals surface area contributed by atoms with Crippen LogP contribution in [-0.4, -0.2) is 100.0 Å². The topological polar surface area (TPSA) is 86.0 Å². The first-order chi connectivity index (χ1) is 15.4. The molecular formula is C23H32N6O3. The lowest BCUT2D eigenvalue weighted by Crippen LogP contribution is -2.57. The Morgan fingerprint density at radius 2 is 1.59 bits per heavy atom. The molecule has 32 heavy (non-hydrogen) atoms. The van der Waals surface area contributed by atoms with Gasteiger partial charge in [0.15, 0.2) is 0 Å². The third kappa shape index (κ3) is 5.16. The fourth-order valence-corrected chi connectivity index (χ4v) is 4.30. The number of aryl methyl sites for hydroxylation is 1. The fraction of sp³-hybridized carbons (Fsp3) is 0.565. The van der Waals surface area contributed by atoms with E-state index in [0.717, 1.165) is 31.7 Å². The van der Waals surface area contributed by atoms with Crippen molar-refractivity contribution in [3.8, 4) is 11.4 Å². The zero-order valence-corrected chi connectivity index (χ0v) is 19.2. The molecule has 1 aromatic carbocycles. The number of carbonyl (C=O) groups is 2. The Bertz CT molecular complexity index is 927. The van der Waals surface area contributed by atoms with Gasteiger partial charge in [0.2, 0.25) is 23.5 Å². The van der Waals surface area contributed by atoms with E-state index in [1.807, 2.05) is 43.0 Å². The van der Waals surface area contributed by atoms with Crippen molar-refractivity contribution >= 4 is 11.8 Å². The van der Waals surface area contributed by atoms with Gasteiger partial charge >= 0.3 is 0 Å². The number of benzene rings is 1. The first-order valence-corrected chi connectivity index (χ1v) is 11.3. The molecule has 4 rings (SSSR count). The van der Waals surface area contributed by atoms with Gasteiger partial charge in [0.05, 0.1) is 12.6 Å². The second-order valence-corrected chi connectivity index (χ2v) is 8.70. The number of hydrogen-bond donors (Lipinski definition) is 0. The first-order valence-electron chi connectivity index (χ1n) is 11.3. The zero-order chi connectivity index (χ0) is 22.7. The highest BCUT2D eigenvalue weighted by Crippen LogP contribution is 2.18. The molecule has 0 bridgehead atoms. The summed E-state index contributed by atoms with van der Waals surface area (Å²) in [6.45, 7) is 12.0. The standard InChI is InChI=1S/C23H32N6O3/c1-17-4-6-20(7-5-17)22-24-21(32-25-22)16-26-8-10-27(11-9-26)18(2)23(31)29-14-12-28(13-15-29)19(3)30/h4-7,18H,8-16H2,1-3H3. The van der Waals surface area contributed by atoms with E-state index < -0.39 is 0 Å². The molecule has 1 unspecified atom stereocenters. The van der Waals surface area contributed by atoms with Crippen molar-refractivity contribution < 1.29 is 14.1 Å². The Kier molecular flexibility index (Phi) is 6.86. The van der Waals surface area contributed by atoms with Crippen LogP contribution in [0.25, 0.3) is 11.4 Å². The first kappa shape index (κ1) is 22.4. The number of nitrogens with zero attached hydrogens (tertiary/aromatic N) is 6. The molecule has 2 amide bonds. The number of aromatic nitrogens is 2. The highest BCUT2D eigenvalue weighted by Gasteiger charge is 2.31. The predicted octanol–water partition coefficient (Wildman–Crippen LogP) is 1.24. The summed E-state index contributed by atoms with van der Waals surface area (Å²) < 4.78 is 5.46. The molecule has 0 saturated carbocycles. The van der Waals surface area contributed by atoms with Gasteiger partial charge in [0.1, 0.15) is 0 Å². The van der Waals surface area contributed by atoms with Crippen LogP contribution in [0, 0.1) is 6.92 Å². The lowest BCUT2D eigenvalue weighted by Gasteiger charge is -2.40. The summed E-state index contributed by atoms with van der Waals surface area (Å²) in [5.74, 6) is 1.46. The van der Waals surface area contributed by atoms with Crippen molar-refractivity contribution in [1.82, 2.24) is 29.7 Å². The molecule has 2 aliphatic rings. The highest BCUT2D eigenvalue weighted by atomic mass is 16.5. The molecule has 172 valence electrons. The number of amides is 2. The SMILES string of the molecule is CC(=O)N1CCN(C(=O)C(C)N2CCN(Cc3nc(-c4ccc(C)cc4)no3)CC2)CC1. The third-order valence-corrected chi connectivity index (χ3v) is 6.49. The molecule has 0 radical (unpaired) electrons. The van der Waals surface area contributed by atoms with E-state index in [2.05, 4.69) is 19.9 Å².